The van der Waals surface area contributed by atoms with Crippen LogP contribution in [0.25, 0.3) is 0 Å². The Kier molecular flexibility index (Phi) is 12.5. The fourth-order valence-electron chi connectivity index (χ4n) is 3.08. The van der Waals surface area contributed by atoms with E-state index in [0.717, 1.165) is 4.88 Å². The SMILES string of the molecule is COC(=O)CCc1ccc(C(=O)NC[C@H](N=S(=O)=O)C(=O)OC(C)(C)C)s1.Cc1cc(C)cc(C)c1. The van der Waals surface area contributed by atoms with E-state index >= 15 is 0 Å². The standard InChI is InChI=1S/C16H22N2O7S2.C9H12/c1-16(2,3)25-15(21)11(18-27(22)23)9-17-14(20)12-7-5-10(26-12)6-8-13(19)24-4;1-7-4-8(2)6-9(3)5-7/h5,7,11H,6,8-9H2,1-4H3,(H,17,20);4-6H,1-3H3/t11-;/m0./s1. The molecule has 1 amide bonds. The molecule has 0 aliphatic carbocycles. The van der Waals surface area contributed by atoms with E-state index in [-0.39, 0.29) is 18.9 Å². The second-order valence-corrected chi connectivity index (χ2v) is 10.9. The third kappa shape index (κ3) is 12.6. The van der Waals surface area contributed by atoms with E-state index < -0.39 is 34.0 Å². The molecule has 2 aromatic rings. The number of hydrogen-bond donors (Lipinski definition) is 1. The average Bonchev–Trinajstić information content (AvgIpc) is 3.22. The van der Waals surface area contributed by atoms with Gasteiger partial charge in [0.15, 0.2) is 6.04 Å². The lowest BCUT2D eigenvalue weighted by Crippen LogP contribution is -2.39. The molecular formula is C25H34N2O7S2. The summed E-state index contributed by atoms with van der Waals surface area (Å²) >= 11 is 1.19. The van der Waals surface area contributed by atoms with Crippen molar-refractivity contribution in [1.82, 2.24) is 5.32 Å². The number of benzene rings is 1. The predicted molar refractivity (Wildman–Crippen MR) is 139 cm³/mol. The number of hydrogen-bond acceptors (Lipinski definition) is 9. The van der Waals surface area contributed by atoms with E-state index in [1.165, 1.54) is 35.1 Å². The zero-order chi connectivity index (χ0) is 27.5. The van der Waals surface area contributed by atoms with Crippen LogP contribution in [0, 0.1) is 20.8 Å². The summed E-state index contributed by atoms with van der Waals surface area (Å²) in [4.78, 5) is 36.6. The summed E-state index contributed by atoms with van der Waals surface area (Å²) in [6, 6.07) is 8.49. The molecule has 198 valence electrons. The molecule has 1 heterocycles. The van der Waals surface area contributed by atoms with Gasteiger partial charge in [-0.25, -0.2) is 4.79 Å². The summed E-state index contributed by atoms with van der Waals surface area (Å²) in [5.41, 5.74) is 3.24. The highest BCUT2D eigenvalue weighted by Gasteiger charge is 2.26. The molecule has 0 aliphatic heterocycles. The highest BCUT2D eigenvalue weighted by atomic mass is 32.2. The maximum absolute atomic E-state index is 12.2. The third-order valence-electron chi connectivity index (χ3n) is 4.40. The van der Waals surface area contributed by atoms with Gasteiger partial charge in [0.2, 0.25) is 0 Å². The molecule has 0 aliphatic rings. The highest BCUT2D eigenvalue weighted by Crippen LogP contribution is 2.18. The monoisotopic (exact) mass is 538 g/mol. The number of methoxy groups -OCH3 is 1. The minimum absolute atomic E-state index is 0.201. The smallest absolute Gasteiger partial charge is 0.334 e. The number of amides is 1. The van der Waals surface area contributed by atoms with Crippen molar-refractivity contribution in [2.45, 2.75) is 66.0 Å². The fourth-order valence-corrected chi connectivity index (χ4v) is 4.37. The van der Waals surface area contributed by atoms with Gasteiger partial charge < -0.3 is 14.8 Å². The molecule has 9 nitrogen and oxygen atoms in total. The van der Waals surface area contributed by atoms with E-state index in [0.29, 0.717) is 11.3 Å². The molecule has 36 heavy (non-hydrogen) atoms. The van der Waals surface area contributed by atoms with E-state index in [1.54, 1.807) is 32.9 Å². The van der Waals surface area contributed by atoms with Gasteiger partial charge in [-0.2, -0.15) is 12.8 Å². The van der Waals surface area contributed by atoms with Crippen LogP contribution in [0.5, 0.6) is 0 Å². The van der Waals surface area contributed by atoms with Crippen molar-refractivity contribution in [3.05, 3.63) is 56.8 Å². The van der Waals surface area contributed by atoms with Crippen LogP contribution in [0.15, 0.2) is 34.7 Å². The molecule has 0 fully saturated rings. The van der Waals surface area contributed by atoms with Gasteiger partial charge in [-0.15, -0.1) is 11.3 Å². The molecule has 1 aromatic heterocycles. The molecule has 0 radical (unpaired) electrons. The number of carbonyl (C=O) groups excluding carboxylic acids is 3. The van der Waals surface area contributed by atoms with Crippen molar-refractivity contribution >= 4 is 39.7 Å². The highest BCUT2D eigenvalue weighted by molar-refractivity contribution is 7.61. The molecular weight excluding hydrogens is 504 g/mol. The maximum Gasteiger partial charge on any atom is 0.334 e. The van der Waals surface area contributed by atoms with Gasteiger partial charge in [0.05, 0.1) is 25.0 Å². The molecule has 0 saturated carbocycles. The summed E-state index contributed by atoms with van der Waals surface area (Å²) in [6.45, 7) is 11.0. The number of thiophene rings is 1. The van der Waals surface area contributed by atoms with Crippen molar-refractivity contribution in [3.63, 3.8) is 0 Å². The van der Waals surface area contributed by atoms with Crippen LogP contribution >= 0.6 is 11.3 Å². The number of ether oxygens (including phenoxy) is 2. The van der Waals surface area contributed by atoms with Crippen molar-refractivity contribution in [2.75, 3.05) is 13.7 Å². The average molecular weight is 539 g/mol. The number of nitrogens with zero attached hydrogens (tertiary/aromatic N) is 1. The summed E-state index contributed by atoms with van der Waals surface area (Å²) in [6.07, 6.45) is 0.642. The van der Waals surface area contributed by atoms with Gasteiger partial charge in [-0.05, 0) is 60.1 Å². The largest absolute Gasteiger partial charge is 0.469 e. The first kappa shape index (κ1) is 31.0. The van der Waals surface area contributed by atoms with E-state index in [9.17, 15) is 22.8 Å². The van der Waals surface area contributed by atoms with Crippen molar-refractivity contribution < 1.29 is 32.3 Å². The Morgan fingerprint density at radius 2 is 1.58 bits per heavy atom. The summed E-state index contributed by atoms with van der Waals surface area (Å²) in [5.74, 6) is -1.68. The lowest BCUT2D eigenvalue weighted by Gasteiger charge is -2.21. The van der Waals surface area contributed by atoms with Crippen LogP contribution < -0.4 is 5.32 Å². The maximum atomic E-state index is 12.2. The summed E-state index contributed by atoms with van der Waals surface area (Å²) in [5, 5.41) is 2.47. The van der Waals surface area contributed by atoms with Gasteiger partial charge in [0.1, 0.15) is 5.60 Å². The molecule has 1 N–H and O–H groups in total. The Labute approximate surface area is 217 Å². The molecule has 0 unspecified atom stereocenters. The number of esters is 2. The van der Waals surface area contributed by atoms with Crippen molar-refractivity contribution in [3.8, 4) is 0 Å². The minimum atomic E-state index is -2.83. The van der Waals surface area contributed by atoms with E-state index in [1.807, 2.05) is 0 Å². The quantitative estimate of drug-likeness (QED) is 0.504. The van der Waals surface area contributed by atoms with Gasteiger partial charge in [0, 0.05) is 4.88 Å². The van der Waals surface area contributed by atoms with Gasteiger partial charge >= 0.3 is 22.4 Å². The van der Waals surface area contributed by atoms with Gasteiger partial charge in [-0.3, -0.25) is 9.59 Å². The molecule has 11 heteroatoms. The summed E-state index contributed by atoms with van der Waals surface area (Å²) < 4.78 is 34.6. The van der Waals surface area contributed by atoms with Crippen LogP contribution in [0.2, 0.25) is 0 Å². The lowest BCUT2D eigenvalue weighted by molar-refractivity contribution is -0.156. The Bertz CT molecular complexity index is 1140. The molecule has 0 bridgehead atoms. The second kappa shape index (κ2) is 14.5. The Morgan fingerprint density at radius 3 is 2.06 bits per heavy atom. The Balaban J connectivity index is 0.000000600. The molecule has 0 spiro atoms. The number of aryl methyl sites for hydroxylation is 4. The first-order valence-electron chi connectivity index (χ1n) is 11.2. The zero-order valence-corrected chi connectivity index (χ0v) is 23.3. The lowest BCUT2D eigenvalue weighted by atomic mass is 10.1. The molecule has 1 atom stereocenters. The van der Waals surface area contributed by atoms with E-state index in [2.05, 4.69) is 53.4 Å². The van der Waals surface area contributed by atoms with Gasteiger partial charge in [0.25, 0.3) is 5.91 Å². The first-order valence-corrected chi connectivity index (χ1v) is 13.1. The normalized spacial score (nSPS) is 11.4. The van der Waals surface area contributed by atoms with Crippen LogP contribution in [0.4, 0.5) is 0 Å². The number of nitrogens with one attached hydrogen (secondary N) is 1. The Hall–Kier alpha value is -3.05. The van der Waals surface area contributed by atoms with Crippen LogP contribution in [0.1, 0.15) is 58.4 Å². The molecule has 2 rings (SSSR count). The topological polar surface area (TPSA) is 128 Å². The predicted octanol–water partition coefficient (Wildman–Crippen LogP) is 3.97. The fraction of sp³-hybridized carbons (Fsp3) is 0.480. The number of carbonyl (C=O) groups is 3. The van der Waals surface area contributed by atoms with Crippen molar-refractivity contribution in [1.29, 1.82) is 0 Å². The molecule has 1 aromatic carbocycles. The van der Waals surface area contributed by atoms with Crippen LogP contribution in [-0.4, -0.2) is 51.6 Å². The van der Waals surface area contributed by atoms with E-state index in [4.69, 9.17) is 4.74 Å². The number of rotatable bonds is 8. The van der Waals surface area contributed by atoms with Gasteiger partial charge in [-0.1, -0.05) is 34.9 Å². The summed E-state index contributed by atoms with van der Waals surface area (Å²) in [7, 11) is -1.52. The minimum Gasteiger partial charge on any atom is -0.469 e. The first-order chi connectivity index (χ1) is 16.7. The second-order valence-electron chi connectivity index (χ2n) is 9.09. The molecule has 0 saturated heterocycles. The van der Waals surface area contributed by atoms with Crippen LogP contribution in [0.3, 0.4) is 0 Å². The third-order valence-corrected chi connectivity index (χ3v) is 5.97. The van der Waals surface area contributed by atoms with Crippen molar-refractivity contribution in [2.24, 2.45) is 4.36 Å². The zero-order valence-electron chi connectivity index (χ0n) is 21.7. The van der Waals surface area contributed by atoms with Crippen LogP contribution in [-0.2, 0) is 36.0 Å². The Morgan fingerprint density at radius 1 is 1.03 bits per heavy atom.